The second-order valence-corrected chi connectivity index (χ2v) is 19.0. The van der Waals surface area contributed by atoms with Gasteiger partial charge in [-0.25, -0.2) is 18.4 Å². The lowest BCUT2D eigenvalue weighted by molar-refractivity contribution is 0.0523. The third-order valence-electron chi connectivity index (χ3n) is 14.7. The van der Waals surface area contributed by atoms with E-state index < -0.39 is 40.0 Å². The van der Waals surface area contributed by atoms with Crippen molar-refractivity contribution in [3.8, 4) is 34.4 Å². The van der Waals surface area contributed by atoms with Crippen LogP contribution in [0.1, 0.15) is 63.7 Å². The van der Waals surface area contributed by atoms with E-state index in [-0.39, 0.29) is 57.7 Å². The summed E-state index contributed by atoms with van der Waals surface area (Å²) < 4.78 is 53.1. The van der Waals surface area contributed by atoms with Crippen molar-refractivity contribution in [3.63, 3.8) is 0 Å². The summed E-state index contributed by atoms with van der Waals surface area (Å²) in [6, 6.07) is 25.4. The Morgan fingerprint density at radius 1 is 0.645 bits per heavy atom. The van der Waals surface area contributed by atoms with Crippen molar-refractivity contribution in [2.45, 2.75) is 31.6 Å². The number of aromatic nitrogens is 6. The van der Waals surface area contributed by atoms with E-state index in [0.29, 0.717) is 60.1 Å². The van der Waals surface area contributed by atoms with Crippen LogP contribution in [0.5, 0.6) is 23.0 Å². The van der Waals surface area contributed by atoms with E-state index in [1.54, 1.807) is 53.2 Å². The third kappa shape index (κ3) is 7.54. The summed E-state index contributed by atoms with van der Waals surface area (Å²) in [6.07, 6.45) is 14.3. The monoisotopic (exact) mass is 1020 g/mol. The molecule has 0 saturated carbocycles. The van der Waals surface area contributed by atoms with Crippen LogP contribution >= 0.6 is 0 Å². The Hall–Kier alpha value is -9.58. The van der Waals surface area contributed by atoms with Gasteiger partial charge in [-0.3, -0.25) is 29.5 Å². The van der Waals surface area contributed by atoms with Crippen LogP contribution in [0.15, 0.2) is 144 Å². The van der Waals surface area contributed by atoms with E-state index in [1.807, 2.05) is 82.6 Å². The zero-order valence-electron chi connectivity index (χ0n) is 40.4. The fraction of sp³-hybridized carbons (Fsp3) is 0.172. The van der Waals surface area contributed by atoms with Crippen molar-refractivity contribution in [1.29, 1.82) is 0 Å². The molecule has 376 valence electrons. The first-order valence-corrected chi connectivity index (χ1v) is 24.7. The molecule has 18 heteroatoms. The largest absolute Gasteiger partial charge is 0.477 e. The lowest BCUT2D eigenvalue weighted by Crippen LogP contribution is -2.25. The van der Waals surface area contributed by atoms with Crippen LogP contribution in [0.3, 0.4) is 0 Å². The second kappa shape index (κ2) is 18.1. The summed E-state index contributed by atoms with van der Waals surface area (Å²) in [5.41, 5.74) is 2.25. The van der Waals surface area contributed by atoms with Crippen molar-refractivity contribution in [2.75, 3.05) is 42.6 Å². The molecular formula is C58H42F2N8O8. The number of halogens is 2. The topological polar surface area (TPSA) is 184 Å². The number of esters is 1. The average Bonchev–Trinajstić information content (AvgIpc) is 4.17. The number of aromatic carboxylic acids is 1. The van der Waals surface area contributed by atoms with Crippen molar-refractivity contribution < 1.29 is 37.7 Å². The highest BCUT2D eigenvalue weighted by molar-refractivity contribution is 6.02. The number of hydrogen-bond acceptors (Lipinski definition) is 13. The molecule has 16 nitrogen and oxygen atoms in total. The van der Waals surface area contributed by atoms with E-state index >= 15 is 8.78 Å². The molecule has 4 aliphatic heterocycles. The molecule has 14 rings (SSSR count). The highest BCUT2D eigenvalue weighted by atomic mass is 19.1. The maximum atomic E-state index is 16.0. The molecule has 2 unspecified atom stereocenters. The van der Waals surface area contributed by atoms with Crippen molar-refractivity contribution in [3.05, 3.63) is 189 Å². The first-order valence-electron chi connectivity index (χ1n) is 24.7. The molecule has 6 aromatic carbocycles. The van der Waals surface area contributed by atoms with Gasteiger partial charge in [0.2, 0.25) is 10.9 Å². The number of rotatable bonds is 7. The number of benzene rings is 6. The molecule has 0 radical (unpaired) electrons. The molecule has 76 heavy (non-hydrogen) atoms. The van der Waals surface area contributed by atoms with Crippen LogP contribution in [-0.4, -0.2) is 78.9 Å². The van der Waals surface area contributed by atoms with Crippen LogP contribution in [0, 0.1) is 11.6 Å². The Labute approximate surface area is 429 Å². The van der Waals surface area contributed by atoms with E-state index in [4.69, 9.17) is 14.2 Å². The molecule has 4 aliphatic rings. The Kier molecular flexibility index (Phi) is 11.0. The van der Waals surface area contributed by atoms with Gasteiger partial charge in [-0.2, -0.15) is 0 Å². The lowest BCUT2D eigenvalue weighted by Gasteiger charge is -2.29. The molecule has 8 heterocycles. The number of carboxylic acids is 1. The molecule has 0 aliphatic carbocycles. The number of carbonyl (C=O) groups is 2. The second-order valence-electron chi connectivity index (χ2n) is 19.0. The summed E-state index contributed by atoms with van der Waals surface area (Å²) in [5.74, 6) is -1.82. The minimum Gasteiger partial charge on any atom is -0.477 e. The van der Waals surface area contributed by atoms with Crippen LogP contribution in [0.25, 0.3) is 54.7 Å². The van der Waals surface area contributed by atoms with E-state index in [0.717, 1.165) is 51.8 Å². The predicted octanol–water partition coefficient (Wildman–Crippen LogP) is 10.2. The summed E-state index contributed by atoms with van der Waals surface area (Å²) in [4.78, 5) is 72.3. The zero-order chi connectivity index (χ0) is 51.9. The summed E-state index contributed by atoms with van der Waals surface area (Å²) in [5, 5.41) is 13.5. The zero-order valence-corrected chi connectivity index (χ0v) is 40.4. The van der Waals surface area contributed by atoms with Gasteiger partial charge in [0.15, 0.2) is 34.6 Å². The van der Waals surface area contributed by atoms with Crippen LogP contribution in [-0.2, 0) is 4.74 Å². The Morgan fingerprint density at radius 3 is 1.53 bits per heavy atom. The number of nitrogens with zero attached hydrogens (tertiary/aromatic N) is 8. The number of anilines is 2. The van der Waals surface area contributed by atoms with Gasteiger partial charge in [0, 0.05) is 87.6 Å². The van der Waals surface area contributed by atoms with Gasteiger partial charge in [-0.1, -0.05) is 48.5 Å². The summed E-state index contributed by atoms with van der Waals surface area (Å²) in [6.45, 7) is 3.94. The van der Waals surface area contributed by atoms with Gasteiger partial charge in [0.1, 0.15) is 33.5 Å². The quantitative estimate of drug-likeness (QED) is 0.149. The van der Waals surface area contributed by atoms with Crippen molar-refractivity contribution in [1.82, 2.24) is 29.1 Å². The van der Waals surface area contributed by atoms with E-state index in [2.05, 4.69) is 19.9 Å². The smallest absolute Gasteiger partial charge is 0.343 e. The first kappa shape index (κ1) is 46.2. The Morgan fingerprint density at radius 2 is 1.09 bits per heavy atom. The highest BCUT2D eigenvalue weighted by Crippen LogP contribution is 2.51. The fourth-order valence-electron chi connectivity index (χ4n) is 11.1. The average molecular weight is 1020 g/mol. The standard InChI is InChI=1S/C30H23FN4O4.C28H19FN4O4/c1-2-38-30(37)21-16-35-24-11-17-5-3-4-6-18(17)12-25(24)39-29-26(35)20(28(21)36)13-22(31)27(29)34-10-7-19(15-34)23-14-32-8-9-33-23;29-20-11-18-24-27(25(20)32-8-5-17(13-32)21-12-30-6-7-31-21)37-23-10-16-4-2-1-3-15(16)9-22(23)33(24)14-19(26(18)34)28(35)36/h3-6,8-9,11-14,16,19H,2,7,10,15H2,1H3;1-4,6-7,9-12,14,17H,5,8,13H2,(H,35,36). The molecule has 4 aromatic heterocycles. The minimum absolute atomic E-state index is 0.0420. The fourth-order valence-corrected chi connectivity index (χ4v) is 11.1. The number of carboxylic acid groups (broad SMARTS) is 1. The van der Waals surface area contributed by atoms with Gasteiger partial charge in [0.05, 0.1) is 40.1 Å². The molecular weight excluding hydrogens is 975 g/mol. The van der Waals surface area contributed by atoms with Gasteiger partial charge < -0.3 is 38.3 Å². The number of ether oxygens (including phenoxy) is 3. The van der Waals surface area contributed by atoms with Gasteiger partial charge in [-0.05, 0) is 77.7 Å². The van der Waals surface area contributed by atoms with Crippen LogP contribution in [0.2, 0.25) is 0 Å². The van der Waals surface area contributed by atoms with Crippen molar-refractivity contribution >= 4 is 66.7 Å². The van der Waals surface area contributed by atoms with Crippen molar-refractivity contribution in [2.24, 2.45) is 0 Å². The summed E-state index contributed by atoms with van der Waals surface area (Å²) in [7, 11) is 0. The Balaban J connectivity index is 0.000000146. The highest BCUT2D eigenvalue weighted by Gasteiger charge is 2.37. The van der Waals surface area contributed by atoms with Crippen LogP contribution in [0.4, 0.5) is 20.2 Å². The van der Waals surface area contributed by atoms with Gasteiger partial charge in [-0.15, -0.1) is 0 Å². The van der Waals surface area contributed by atoms with Gasteiger partial charge in [0.25, 0.3) is 0 Å². The minimum atomic E-state index is -1.37. The Bertz CT molecular complexity index is 4210. The SMILES string of the molecule is CCOC(=O)c1cn2c3c(c(N4CCC(c5cnccn5)C4)c(F)cc3c1=O)Oc1cc3ccccc3cc1-2.O=C(O)c1cn2c3c(c(N4CCC(c5cnccn5)C4)c(F)cc3c1=O)Oc1cc3ccccc3cc1-2. The normalized spacial score (nSPS) is 16.0. The number of carbonyl (C=O) groups excluding carboxylic acids is 1. The first-order chi connectivity index (χ1) is 37.0. The molecule has 0 amide bonds. The van der Waals surface area contributed by atoms with Crippen LogP contribution < -0.4 is 30.1 Å². The number of hydrogen-bond donors (Lipinski definition) is 1. The maximum absolute atomic E-state index is 16.0. The predicted molar refractivity (Wildman–Crippen MR) is 280 cm³/mol. The summed E-state index contributed by atoms with van der Waals surface area (Å²) >= 11 is 0. The van der Waals surface area contributed by atoms with E-state index in [1.165, 1.54) is 18.5 Å². The molecule has 2 fully saturated rings. The molecule has 0 bridgehead atoms. The van der Waals surface area contributed by atoms with E-state index in [9.17, 15) is 24.3 Å². The number of pyridine rings is 2. The third-order valence-corrected chi connectivity index (χ3v) is 14.7. The number of fused-ring (bicyclic) bond motifs is 6. The molecule has 0 spiro atoms. The molecule has 2 atom stereocenters. The molecule has 10 aromatic rings. The molecule has 1 N–H and O–H groups in total. The van der Waals surface area contributed by atoms with Gasteiger partial charge >= 0.3 is 11.9 Å². The lowest BCUT2D eigenvalue weighted by atomic mass is 10.0. The maximum Gasteiger partial charge on any atom is 0.343 e. The molecule has 2 saturated heterocycles.